The Balaban J connectivity index is 1.88. The largest absolute Gasteiger partial charge is 0.399 e. The third-order valence-electron chi connectivity index (χ3n) is 5.83. The predicted octanol–water partition coefficient (Wildman–Crippen LogP) is 6.13. The Morgan fingerprint density at radius 1 is 1.16 bits per heavy atom. The van der Waals surface area contributed by atoms with Crippen LogP contribution in [0.2, 0.25) is 0 Å². The Morgan fingerprint density at radius 2 is 1.87 bits per heavy atom. The van der Waals surface area contributed by atoms with E-state index in [1.165, 1.54) is 12.3 Å². The average molecular weight is 439 g/mol. The van der Waals surface area contributed by atoms with Crippen LogP contribution in [0.5, 0.6) is 0 Å². The van der Waals surface area contributed by atoms with E-state index in [1.54, 1.807) is 6.92 Å². The summed E-state index contributed by atoms with van der Waals surface area (Å²) in [6.07, 6.45) is 0.212. The highest BCUT2D eigenvalue weighted by molar-refractivity contribution is 5.65. The van der Waals surface area contributed by atoms with Gasteiger partial charge < -0.3 is 10.6 Å². The first-order valence-corrected chi connectivity index (χ1v) is 10.2. The van der Waals surface area contributed by atoms with Crippen molar-refractivity contribution < 1.29 is 22.0 Å². The zero-order chi connectivity index (χ0) is 23.0. The molecular weight excluding hydrogens is 413 g/mol. The van der Waals surface area contributed by atoms with E-state index in [9.17, 15) is 22.0 Å². The Morgan fingerprint density at radius 3 is 2.48 bits per heavy atom. The molecule has 0 bridgehead atoms. The first-order valence-electron chi connectivity index (χ1n) is 10.2. The maximum atomic E-state index is 14.9. The van der Waals surface area contributed by atoms with Crippen LogP contribution in [0.25, 0.3) is 11.1 Å². The molecule has 0 fully saturated rings. The first kappa shape index (κ1) is 23.0. The van der Waals surface area contributed by atoms with Crippen LogP contribution in [0.4, 0.5) is 22.0 Å². The van der Waals surface area contributed by atoms with Crippen LogP contribution in [0, 0.1) is 11.6 Å². The van der Waals surface area contributed by atoms with Gasteiger partial charge in [-0.05, 0) is 57.0 Å². The van der Waals surface area contributed by atoms with E-state index in [0.29, 0.717) is 6.04 Å². The molecule has 2 N–H and O–H groups in total. The minimum Gasteiger partial charge on any atom is -0.386 e. The Kier molecular flexibility index (Phi) is 6.30. The fourth-order valence-electron chi connectivity index (χ4n) is 3.52. The molecule has 2 aromatic rings. The molecule has 0 saturated heterocycles. The highest BCUT2D eigenvalue weighted by Crippen LogP contribution is 2.40. The lowest BCUT2D eigenvalue weighted by atomic mass is 9.86. The van der Waals surface area contributed by atoms with Crippen molar-refractivity contribution in [3.63, 3.8) is 0 Å². The maximum Gasteiger partial charge on any atom is 0.399 e. The molecule has 0 aliphatic carbocycles. The van der Waals surface area contributed by atoms with Gasteiger partial charge in [-0.1, -0.05) is 6.92 Å². The van der Waals surface area contributed by atoms with Crippen LogP contribution in [-0.2, 0) is 5.41 Å². The molecule has 0 amide bonds. The summed E-state index contributed by atoms with van der Waals surface area (Å²) >= 11 is 0. The number of nitrogens with zero attached hydrogens (tertiary/aromatic N) is 1. The number of halogens is 5. The van der Waals surface area contributed by atoms with E-state index in [4.69, 9.17) is 0 Å². The van der Waals surface area contributed by atoms with Crippen LogP contribution in [-0.4, -0.2) is 17.2 Å². The van der Waals surface area contributed by atoms with Crippen molar-refractivity contribution in [3.05, 3.63) is 65.3 Å². The molecule has 8 heteroatoms. The molecule has 1 aliphatic heterocycles. The van der Waals surface area contributed by atoms with Gasteiger partial charge in [0.1, 0.15) is 17.0 Å². The SMILES string of the molecule is CC[C@H]1CC(NC(C)c2cc(F)c(-c3ccnc(C(C)(C)C(F)(F)F)c3)cc2F)=CN1. The van der Waals surface area contributed by atoms with Gasteiger partial charge in [0.15, 0.2) is 0 Å². The number of nitrogens with one attached hydrogen (secondary N) is 2. The normalized spacial score (nSPS) is 17.8. The molecule has 1 unspecified atom stereocenters. The molecule has 1 aromatic heterocycles. The fraction of sp³-hybridized carbons (Fsp3) is 0.435. The second-order valence-electron chi connectivity index (χ2n) is 8.42. The molecule has 2 heterocycles. The zero-order valence-corrected chi connectivity index (χ0v) is 17.9. The highest BCUT2D eigenvalue weighted by atomic mass is 19.4. The predicted molar refractivity (Wildman–Crippen MR) is 110 cm³/mol. The van der Waals surface area contributed by atoms with E-state index in [-0.39, 0.29) is 22.4 Å². The molecule has 3 rings (SSSR count). The minimum absolute atomic E-state index is 0.108. The summed E-state index contributed by atoms with van der Waals surface area (Å²) in [6, 6.07) is 4.49. The van der Waals surface area contributed by atoms with Crippen LogP contribution >= 0.6 is 0 Å². The summed E-state index contributed by atoms with van der Waals surface area (Å²) in [7, 11) is 0. The van der Waals surface area contributed by atoms with Gasteiger partial charge in [-0.15, -0.1) is 0 Å². The molecule has 1 aromatic carbocycles. The lowest BCUT2D eigenvalue weighted by molar-refractivity contribution is -0.181. The number of aromatic nitrogens is 1. The van der Waals surface area contributed by atoms with Crippen molar-refractivity contribution in [1.29, 1.82) is 0 Å². The number of benzene rings is 1. The van der Waals surface area contributed by atoms with E-state index >= 15 is 0 Å². The van der Waals surface area contributed by atoms with Crippen molar-refractivity contribution in [2.24, 2.45) is 0 Å². The third kappa shape index (κ3) is 4.67. The summed E-state index contributed by atoms with van der Waals surface area (Å²) in [5, 5.41) is 6.41. The van der Waals surface area contributed by atoms with Crippen LogP contribution in [0.3, 0.4) is 0 Å². The van der Waals surface area contributed by atoms with Gasteiger partial charge in [0.25, 0.3) is 0 Å². The second-order valence-corrected chi connectivity index (χ2v) is 8.42. The number of rotatable bonds is 6. The maximum absolute atomic E-state index is 14.9. The van der Waals surface area contributed by atoms with Crippen molar-refractivity contribution in [3.8, 4) is 11.1 Å². The lowest BCUT2D eigenvalue weighted by Gasteiger charge is -2.27. The summed E-state index contributed by atoms with van der Waals surface area (Å²) in [5.74, 6) is -1.35. The van der Waals surface area contributed by atoms with Gasteiger partial charge in [-0.25, -0.2) is 8.78 Å². The third-order valence-corrected chi connectivity index (χ3v) is 5.83. The molecule has 2 atom stereocenters. The van der Waals surface area contributed by atoms with Gasteiger partial charge in [-0.3, -0.25) is 4.98 Å². The minimum atomic E-state index is -4.53. The summed E-state index contributed by atoms with van der Waals surface area (Å²) in [6.45, 7) is 5.80. The molecule has 0 spiro atoms. The van der Waals surface area contributed by atoms with Gasteiger partial charge in [-0.2, -0.15) is 13.2 Å². The van der Waals surface area contributed by atoms with Gasteiger partial charge in [0.2, 0.25) is 0 Å². The van der Waals surface area contributed by atoms with E-state index in [0.717, 1.165) is 50.6 Å². The molecule has 31 heavy (non-hydrogen) atoms. The Hall–Kier alpha value is -2.64. The molecular formula is C23H26F5N3. The fourth-order valence-corrected chi connectivity index (χ4v) is 3.52. The van der Waals surface area contributed by atoms with Crippen molar-refractivity contribution in [2.45, 2.75) is 64.2 Å². The Labute approximate surface area is 178 Å². The summed E-state index contributed by atoms with van der Waals surface area (Å²) < 4.78 is 69.9. The van der Waals surface area contributed by atoms with Gasteiger partial charge >= 0.3 is 6.18 Å². The number of alkyl halides is 3. The Bertz CT molecular complexity index is 982. The van der Waals surface area contributed by atoms with Gasteiger partial charge in [0, 0.05) is 41.7 Å². The molecule has 168 valence electrons. The summed E-state index contributed by atoms with van der Waals surface area (Å²) in [4.78, 5) is 3.81. The van der Waals surface area contributed by atoms with Gasteiger partial charge in [0.05, 0.1) is 11.7 Å². The number of hydrogen-bond acceptors (Lipinski definition) is 3. The monoisotopic (exact) mass is 439 g/mol. The van der Waals surface area contributed by atoms with E-state index < -0.39 is 29.3 Å². The van der Waals surface area contributed by atoms with Crippen molar-refractivity contribution in [2.75, 3.05) is 0 Å². The number of pyridine rings is 1. The van der Waals surface area contributed by atoms with Crippen LogP contribution < -0.4 is 10.6 Å². The molecule has 1 aliphatic rings. The standard InChI is InChI=1S/C23H26F5N3/c1-5-15-9-16(12-30-15)31-13(2)17-10-20(25)18(11-19(17)24)14-6-7-29-21(8-14)22(3,4)23(26,27)28/h6-8,10-13,15,30-31H,5,9H2,1-4H3/t13?,15-/m0/s1. The quantitative estimate of drug-likeness (QED) is 0.532. The van der Waals surface area contributed by atoms with Crippen molar-refractivity contribution >= 4 is 0 Å². The molecule has 3 nitrogen and oxygen atoms in total. The molecule has 0 saturated carbocycles. The van der Waals surface area contributed by atoms with E-state index in [2.05, 4.69) is 22.5 Å². The highest BCUT2D eigenvalue weighted by Gasteiger charge is 2.49. The zero-order valence-electron chi connectivity index (χ0n) is 17.9. The summed E-state index contributed by atoms with van der Waals surface area (Å²) in [5.41, 5.74) is -1.40. The molecule has 0 radical (unpaired) electrons. The van der Waals surface area contributed by atoms with Crippen LogP contribution in [0.1, 0.15) is 57.8 Å². The first-order chi connectivity index (χ1) is 14.4. The lowest BCUT2D eigenvalue weighted by Crippen LogP contribution is -2.37. The van der Waals surface area contributed by atoms with Crippen molar-refractivity contribution in [1.82, 2.24) is 15.6 Å². The number of hydrogen-bond donors (Lipinski definition) is 2. The van der Waals surface area contributed by atoms with E-state index in [1.807, 2.05) is 6.20 Å². The average Bonchev–Trinajstić information content (AvgIpc) is 3.16. The smallest absolute Gasteiger partial charge is 0.386 e. The second kappa shape index (κ2) is 8.48. The topological polar surface area (TPSA) is 37.0 Å². The van der Waals surface area contributed by atoms with Crippen LogP contribution in [0.15, 0.2) is 42.4 Å².